The van der Waals surface area contributed by atoms with Gasteiger partial charge in [-0.15, -0.1) is 0 Å². The molecular weight excluding hydrogens is 731 g/mol. The van der Waals surface area contributed by atoms with E-state index in [4.69, 9.17) is 15.7 Å². The molecule has 0 saturated heterocycles. The van der Waals surface area contributed by atoms with Crippen molar-refractivity contribution in [3.63, 3.8) is 0 Å². The first kappa shape index (κ1) is 38.6. The predicted octanol–water partition coefficient (Wildman–Crippen LogP) is 10.6. The Labute approximate surface area is 317 Å². The average molecular weight is 765 g/mol. The summed E-state index contributed by atoms with van der Waals surface area (Å²) in [6.45, 7) is 2.10. The number of phenolic OH excluding ortho intramolecular Hbond substituents is 2. The van der Waals surface area contributed by atoms with E-state index in [-0.39, 0.29) is 33.8 Å². The standard InChI is InChI=1S/C22H18N2O.C21H15F5N2O3/c1-15-11-20(16-7-9-19(25)10-8-16)22(17-5-3-2-4-6-17)21(12-15)18-13-23-24-14-18;1-31-19-15(8-12(22)9-17(19)23)18-14(10-2-4-13(29)5-3-10)6-11(21(24,25)26)7-16(18)20(27)28-30/h2-14,25H,1H3,(H,23,24);2-9,29-30H,1H3,(H2,27,28). The largest absolute Gasteiger partial charge is 0.508 e. The van der Waals surface area contributed by atoms with Gasteiger partial charge in [0.1, 0.15) is 17.3 Å². The molecule has 0 bridgehead atoms. The number of rotatable bonds is 7. The number of aryl methyl sites for hydroxylation is 1. The molecule has 7 aromatic rings. The van der Waals surface area contributed by atoms with Gasteiger partial charge in [0.25, 0.3) is 0 Å². The lowest BCUT2D eigenvalue weighted by Crippen LogP contribution is -2.17. The Kier molecular flexibility index (Phi) is 11.1. The Bertz CT molecular complexity index is 2510. The number of oxime groups is 1. The number of nitrogens with two attached hydrogens (primary N) is 1. The molecule has 0 fully saturated rings. The zero-order valence-corrected chi connectivity index (χ0v) is 29.7. The van der Waals surface area contributed by atoms with Crippen molar-refractivity contribution in [1.82, 2.24) is 10.2 Å². The van der Waals surface area contributed by atoms with Crippen molar-refractivity contribution >= 4 is 5.84 Å². The number of aromatic amines is 1. The SMILES string of the molecule is COc1c(F)cc(F)cc1-c1c(C(N)=NO)cc(C(F)(F)F)cc1-c1ccc(O)cc1.Cc1cc(-c2ccc(O)cc2)c(-c2ccccc2)c(-c2cn[nH]c2)c1. The van der Waals surface area contributed by atoms with Crippen LogP contribution >= 0.6 is 0 Å². The molecule has 0 atom stereocenters. The summed E-state index contributed by atoms with van der Waals surface area (Å²) >= 11 is 0. The first-order valence-corrected chi connectivity index (χ1v) is 16.8. The van der Waals surface area contributed by atoms with Crippen LogP contribution in [0, 0.1) is 18.6 Å². The van der Waals surface area contributed by atoms with Crippen molar-refractivity contribution in [2.45, 2.75) is 13.1 Å². The topological polar surface area (TPSA) is 137 Å². The van der Waals surface area contributed by atoms with E-state index >= 15 is 0 Å². The number of nitrogens with one attached hydrogen (secondary N) is 1. The molecule has 13 heteroatoms. The van der Waals surface area contributed by atoms with Crippen LogP contribution in [0.1, 0.15) is 16.7 Å². The van der Waals surface area contributed by atoms with Crippen LogP contribution in [0.4, 0.5) is 22.0 Å². The van der Waals surface area contributed by atoms with E-state index in [1.165, 1.54) is 35.4 Å². The molecule has 0 aliphatic rings. The lowest BCUT2D eigenvalue weighted by atomic mass is 9.87. The highest BCUT2D eigenvalue weighted by Crippen LogP contribution is 2.45. The maximum atomic E-state index is 14.4. The molecule has 0 aliphatic heterocycles. The van der Waals surface area contributed by atoms with Crippen LogP contribution in [-0.2, 0) is 6.18 Å². The summed E-state index contributed by atoms with van der Waals surface area (Å²) in [4.78, 5) is 0. The Morgan fingerprint density at radius 1 is 0.714 bits per heavy atom. The molecule has 284 valence electrons. The second kappa shape index (κ2) is 16.1. The molecule has 6 aromatic carbocycles. The summed E-state index contributed by atoms with van der Waals surface area (Å²) in [6.07, 6.45) is -1.05. The van der Waals surface area contributed by atoms with Crippen LogP contribution < -0.4 is 10.5 Å². The van der Waals surface area contributed by atoms with Crippen molar-refractivity contribution in [3.05, 3.63) is 156 Å². The van der Waals surface area contributed by atoms with Gasteiger partial charge in [-0.05, 0) is 93.9 Å². The number of nitrogens with zero attached hydrogens (tertiary/aromatic N) is 2. The zero-order valence-electron chi connectivity index (χ0n) is 29.7. The number of halogens is 5. The smallest absolute Gasteiger partial charge is 0.416 e. The highest BCUT2D eigenvalue weighted by Gasteiger charge is 2.34. The third-order valence-corrected chi connectivity index (χ3v) is 8.84. The number of methoxy groups -OCH3 is 1. The maximum absolute atomic E-state index is 14.4. The molecule has 0 aliphatic carbocycles. The number of hydrogen-bond acceptors (Lipinski definition) is 6. The summed E-state index contributed by atoms with van der Waals surface area (Å²) in [6, 6.07) is 30.0. The molecule has 7 rings (SSSR count). The molecule has 0 amide bonds. The first-order chi connectivity index (χ1) is 26.8. The molecule has 1 aromatic heterocycles. The fourth-order valence-corrected chi connectivity index (χ4v) is 6.37. The van der Waals surface area contributed by atoms with Gasteiger partial charge in [-0.1, -0.05) is 71.9 Å². The van der Waals surface area contributed by atoms with Crippen molar-refractivity contribution in [1.29, 1.82) is 0 Å². The van der Waals surface area contributed by atoms with E-state index in [2.05, 4.69) is 58.7 Å². The lowest BCUT2D eigenvalue weighted by molar-refractivity contribution is -0.137. The van der Waals surface area contributed by atoms with Crippen LogP contribution in [0.15, 0.2) is 133 Å². The number of H-pyrrole nitrogens is 1. The second-order valence-corrected chi connectivity index (χ2v) is 12.6. The summed E-state index contributed by atoms with van der Waals surface area (Å²) in [5.41, 5.74) is 11.6. The van der Waals surface area contributed by atoms with Gasteiger partial charge < -0.3 is 25.9 Å². The molecule has 0 unspecified atom stereocenters. The highest BCUT2D eigenvalue weighted by atomic mass is 19.4. The minimum absolute atomic E-state index is 0.139. The number of amidine groups is 1. The third-order valence-electron chi connectivity index (χ3n) is 8.84. The quantitative estimate of drug-likeness (QED) is 0.0360. The van der Waals surface area contributed by atoms with Crippen molar-refractivity contribution in [3.8, 4) is 72.9 Å². The molecule has 0 radical (unpaired) electrons. The molecule has 8 nitrogen and oxygen atoms in total. The number of hydrogen-bond donors (Lipinski definition) is 5. The Morgan fingerprint density at radius 2 is 1.29 bits per heavy atom. The molecule has 1 heterocycles. The molecule has 0 spiro atoms. The fraction of sp³-hybridized carbons (Fsp3) is 0.0698. The van der Waals surface area contributed by atoms with E-state index in [0.29, 0.717) is 12.1 Å². The fourth-order valence-electron chi connectivity index (χ4n) is 6.37. The van der Waals surface area contributed by atoms with Gasteiger partial charge >= 0.3 is 6.18 Å². The summed E-state index contributed by atoms with van der Waals surface area (Å²) in [5.74, 6) is -3.16. The van der Waals surface area contributed by atoms with Crippen LogP contribution in [-0.4, -0.2) is 38.6 Å². The minimum atomic E-state index is -4.81. The van der Waals surface area contributed by atoms with Gasteiger partial charge in [-0.25, -0.2) is 8.78 Å². The molecule has 56 heavy (non-hydrogen) atoms. The highest BCUT2D eigenvalue weighted by molar-refractivity contribution is 6.07. The second-order valence-electron chi connectivity index (χ2n) is 12.6. The van der Waals surface area contributed by atoms with E-state index in [0.717, 1.165) is 47.1 Å². The minimum Gasteiger partial charge on any atom is -0.508 e. The lowest BCUT2D eigenvalue weighted by Gasteiger charge is -2.20. The van der Waals surface area contributed by atoms with Crippen molar-refractivity contribution in [2.24, 2.45) is 10.9 Å². The number of alkyl halides is 3. The van der Waals surface area contributed by atoms with Gasteiger partial charge in [0, 0.05) is 34.5 Å². The average Bonchev–Trinajstić information content (AvgIpc) is 3.73. The maximum Gasteiger partial charge on any atom is 0.416 e. The number of phenols is 2. The Morgan fingerprint density at radius 3 is 1.80 bits per heavy atom. The molecular formula is C43H33F5N4O4. The summed E-state index contributed by atoms with van der Waals surface area (Å²) in [7, 11) is 1.10. The third kappa shape index (κ3) is 8.16. The van der Waals surface area contributed by atoms with Crippen LogP contribution in [0.2, 0.25) is 0 Å². The monoisotopic (exact) mass is 764 g/mol. The van der Waals surface area contributed by atoms with E-state index < -0.39 is 40.5 Å². The number of benzene rings is 6. The first-order valence-electron chi connectivity index (χ1n) is 16.8. The van der Waals surface area contributed by atoms with Crippen LogP contribution in [0.5, 0.6) is 17.2 Å². The van der Waals surface area contributed by atoms with Gasteiger partial charge in [0.05, 0.1) is 18.9 Å². The summed E-state index contributed by atoms with van der Waals surface area (Å²) in [5, 5.41) is 38.1. The number of aromatic nitrogens is 2. The molecule has 6 N–H and O–H groups in total. The zero-order chi connectivity index (χ0) is 40.1. The predicted molar refractivity (Wildman–Crippen MR) is 204 cm³/mol. The van der Waals surface area contributed by atoms with Gasteiger partial charge in [-0.3, -0.25) is 5.10 Å². The normalized spacial score (nSPS) is 11.5. The van der Waals surface area contributed by atoms with Gasteiger partial charge in [0.15, 0.2) is 17.4 Å². The Hall–Kier alpha value is -7.15. The van der Waals surface area contributed by atoms with Crippen molar-refractivity contribution in [2.75, 3.05) is 7.11 Å². The number of ether oxygens (including phenoxy) is 1. The van der Waals surface area contributed by atoms with E-state index in [1.807, 2.05) is 30.6 Å². The summed E-state index contributed by atoms with van der Waals surface area (Å²) < 4.78 is 74.2. The van der Waals surface area contributed by atoms with Crippen LogP contribution in [0.25, 0.3) is 55.6 Å². The van der Waals surface area contributed by atoms with Gasteiger partial charge in [0.2, 0.25) is 0 Å². The van der Waals surface area contributed by atoms with E-state index in [9.17, 15) is 32.2 Å². The van der Waals surface area contributed by atoms with Crippen LogP contribution in [0.3, 0.4) is 0 Å². The molecule has 0 saturated carbocycles. The van der Waals surface area contributed by atoms with E-state index in [1.54, 1.807) is 12.1 Å². The van der Waals surface area contributed by atoms with Gasteiger partial charge in [-0.2, -0.15) is 18.3 Å². The Balaban J connectivity index is 0.000000194. The van der Waals surface area contributed by atoms with Crippen molar-refractivity contribution < 1.29 is 42.1 Å². The number of aromatic hydroxyl groups is 2.